The molecule has 1 aromatic carbocycles. The predicted molar refractivity (Wildman–Crippen MR) is 105 cm³/mol. The smallest absolute Gasteiger partial charge is 0.221 e. The Hall–Kier alpha value is -2.83. The molecule has 140 valence electrons. The predicted octanol–water partition coefficient (Wildman–Crippen LogP) is 2.21. The summed E-state index contributed by atoms with van der Waals surface area (Å²) in [5.41, 5.74) is 4.10. The zero-order chi connectivity index (χ0) is 18.9. The Morgan fingerprint density at radius 1 is 1.23 bits per heavy atom. The molecule has 7 heteroatoms. The van der Waals surface area contributed by atoms with Gasteiger partial charge in [0, 0.05) is 45.0 Å². The highest BCUT2D eigenvalue weighted by Gasteiger charge is 2.02. The van der Waals surface area contributed by atoms with E-state index in [0.717, 1.165) is 42.4 Å². The van der Waals surface area contributed by atoms with E-state index in [-0.39, 0.29) is 5.91 Å². The van der Waals surface area contributed by atoms with E-state index in [2.05, 4.69) is 39.0 Å². The van der Waals surface area contributed by atoms with Crippen molar-refractivity contribution in [3.05, 3.63) is 47.3 Å². The van der Waals surface area contributed by atoms with Gasteiger partial charge in [-0.05, 0) is 44.0 Å². The number of aliphatic imine (C=N–C) groups is 1. The summed E-state index contributed by atoms with van der Waals surface area (Å²) < 4.78 is 2.03. The summed E-state index contributed by atoms with van der Waals surface area (Å²) >= 11 is 0. The van der Waals surface area contributed by atoms with E-state index in [1.807, 2.05) is 35.9 Å². The first-order valence-electron chi connectivity index (χ1n) is 8.80. The van der Waals surface area contributed by atoms with Crippen LogP contribution >= 0.6 is 0 Å². The van der Waals surface area contributed by atoms with Crippen molar-refractivity contribution in [2.75, 3.05) is 18.9 Å². The Kier molecular flexibility index (Phi) is 7.20. The third-order valence-electron chi connectivity index (χ3n) is 3.87. The molecule has 0 unspecified atom stereocenters. The highest BCUT2D eigenvalue weighted by Crippen LogP contribution is 2.10. The topological polar surface area (TPSA) is 83.3 Å². The van der Waals surface area contributed by atoms with Gasteiger partial charge >= 0.3 is 0 Å². The van der Waals surface area contributed by atoms with Crippen molar-refractivity contribution in [2.24, 2.45) is 4.99 Å². The third-order valence-corrected chi connectivity index (χ3v) is 3.87. The average molecular weight is 356 g/mol. The van der Waals surface area contributed by atoms with Crippen LogP contribution in [0.1, 0.15) is 30.3 Å². The van der Waals surface area contributed by atoms with E-state index >= 15 is 0 Å². The molecule has 0 aliphatic carbocycles. The summed E-state index contributed by atoms with van der Waals surface area (Å²) in [6.07, 6.45) is 0.959. The Bertz CT molecular complexity index is 765. The van der Waals surface area contributed by atoms with Gasteiger partial charge < -0.3 is 16.0 Å². The molecule has 0 saturated heterocycles. The Morgan fingerprint density at radius 3 is 2.69 bits per heavy atom. The minimum absolute atomic E-state index is 0.0739. The minimum Gasteiger partial charge on any atom is -0.356 e. The van der Waals surface area contributed by atoms with Crippen molar-refractivity contribution < 1.29 is 4.79 Å². The fraction of sp³-hybridized carbons (Fsp3) is 0.421. The van der Waals surface area contributed by atoms with Crippen molar-refractivity contribution in [3.8, 4) is 0 Å². The quantitative estimate of drug-likeness (QED) is 0.403. The molecule has 0 saturated carbocycles. The molecule has 0 aliphatic rings. The first-order chi connectivity index (χ1) is 12.5. The molecular weight excluding hydrogens is 328 g/mol. The van der Waals surface area contributed by atoms with Crippen molar-refractivity contribution in [1.82, 2.24) is 20.4 Å². The molecule has 1 amide bonds. The van der Waals surface area contributed by atoms with Gasteiger partial charge in [-0.15, -0.1) is 0 Å². The summed E-state index contributed by atoms with van der Waals surface area (Å²) in [5, 5.41) is 13.8. The fourth-order valence-electron chi connectivity index (χ4n) is 2.71. The van der Waals surface area contributed by atoms with Crippen LogP contribution in [0.4, 0.5) is 5.69 Å². The van der Waals surface area contributed by atoms with Crippen molar-refractivity contribution in [3.63, 3.8) is 0 Å². The van der Waals surface area contributed by atoms with Crippen LogP contribution < -0.4 is 16.0 Å². The number of anilines is 1. The maximum Gasteiger partial charge on any atom is 0.221 e. The molecule has 0 spiro atoms. The number of amides is 1. The molecule has 0 radical (unpaired) electrons. The third kappa shape index (κ3) is 6.23. The lowest BCUT2D eigenvalue weighted by atomic mass is 10.2. The number of nitrogens with zero attached hydrogens (tertiary/aromatic N) is 3. The second-order valence-corrected chi connectivity index (χ2v) is 6.24. The van der Waals surface area contributed by atoms with Gasteiger partial charge in [-0.3, -0.25) is 14.5 Å². The lowest BCUT2D eigenvalue weighted by Crippen LogP contribution is -2.37. The van der Waals surface area contributed by atoms with E-state index < -0.39 is 0 Å². The minimum atomic E-state index is -0.0739. The largest absolute Gasteiger partial charge is 0.356 e. The van der Waals surface area contributed by atoms with Gasteiger partial charge in [-0.25, -0.2) is 0 Å². The number of hydrogen-bond acceptors (Lipinski definition) is 3. The zero-order valence-electron chi connectivity index (χ0n) is 16.0. The van der Waals surface area contributed by atoms with Crippen LogP contribution in [0.25, 0.3) is 0 Å². The summed E-state index contributed by atoms with van der Waals surface area (Å²) in [4.78, 5) is 15.4. The number of benzene rings is 1. The van der Waals surface area contributed by atoms with Crippen LogP contribution in [0.15, 0.2) is 35.3 Å². The van der Waals surface area contributed by atoms with Crippen LogP contribution in [0.5, 0.6) is 0 Å². The number of nitrogens with one attached hydrogen (secondary N) is 3. The number of aryl methyl sites for hydroxylation is 3. The standard InChI is InChI=1S/C19H28N6O/c1-14-11-15(2)25(24-14)10-6-9-21-19(20-4)22-13-17-7-5-8-18(12-17)23-16(3)26/h5,7-8,11-12H,6,9-10,13H2,1-4H3,(H,23,26)(H2,20,21,22). The summed E-state index contributed by atoms with van der Waals surface area (Å²) in [6, 6.07) is 9.84. The number of carbonyl (C=O) groups excluding carboxylic acids is 1. The van der Waals surface area contributed by atoms with E-state index in [1.54, 1.807) is 7.05 Å². The lowest BCUT2D eigenvalue weighted by molar-refractivity contribution is -0.114. The lowest BCUT2D eigenvalue weighted by Gasteiger charge is -2.13. The van der Waals surface area contributed by atoms with E-state index in [0.29, 0.717) is 6.54 Å². The van der Waals surface area contributed by atoms with Gasteiger partial charge in [-0.1, -0.05) is 12.1 Å². The van der Waals surface area contributed by atoms with Gasteiger partial charge in [0.15, 0.2) is 5.96 Å². The molecule has 0 bridgehead atoms. The first-order valence-corrected chi connectivity index (χ1v) is 8.80. The van der Waals surface area contributed by atoms with Crippen LogP contribution in [-0.4, -0.2) is 35.2 Å². The summed E-state index contributed by atoms with van der Waals surface area (Å²) in [7, 11) is 1.75. The average Bonchev–Trinajstić information content (AvgIpc) is 2.91. The highest BCUT2D eigenvalue weighted by molar-refractivity contribution is 5.88. The normalized spacial score (nSPS) is 11.3. The molecule has 0 fully saturated rings. The van der Waals surface area contributed by atoms with Crippen molar-refractivity contribution in [2.45, 2.75) is 40.3 Å². The van der Waals surface area contributed by atoms with E-state index in [1.165, 1.54) is 12.6 Å². The number of rotatable bonds is 7. The van der Waals surface area contributed by atoms with Crippen molar-refractivity contribution in [1.29, 1.82) is 0 Å². The van der Waals surface area contributed by atoms with E-state index in [9.17, 15) is 4.79 Å². The summed E-state index contributed by atoms with van der Waals surface area (Å²) in [6.45, 7) is 7.90. The zero-order valence-corrected chi connectivity index (χ0v) is 16.0. The van der Waals surface area contributed by atoms with Crippen molar-refractivity contribution >= 4 is 17.6 Å². The molecule has 2 aromatic rings. The molecule has 0 atom stereocenters. The van der Waals surface area contributed by atoms with Gasteiger partial charge in [0.05, 0.1) is 5.69 Å². The van der Waals surface area contributed by atoms with Crippen LogP contribution in [-0.2, 0) is 17.9 Å². The molecule has 7 nitrogen and oxygen atoms in total. The number of hydrogen-bond donors (Lipinski definition) is 3. The maximum absolute atomic E-state index is 11.1. The Balaban J connectivity index is 1.75. The van der Waals surface area contributed by atoms with E-state index in [4.69, 9.17) is 0 Å². The molecule has 2 rings (SSSR count). The van der Waals surface area contributed by atoms with Gasteiger partial charge in [0.1, 0.15) is 0 Å². The maximum atomic E-state index is 11.1. The molecule has 1 aromatic heterocycles. The van der Waals surface area contributed by atoms with Gasteiger partial charge in [0.25, 0.3) is 0 Å². The van der Waals surface area contributed by atoms with Crippen LogP contribution in [0.2, 0.25) is 0 Å². The Morgan fingerprint density at radius 2 is 2.04 bits per heavy atom. The second-order valence-electron chi connectivity index (χ2n) is 6.24. The number of carbonyl (C=O) groups is 1. The van der Waals surface area contributed by atoms with Gasteiger partial charge in [0.2, 0.25) is 5.91 Å². The SMILES string of the molecule is CN=C(NCCCn1nc(C)cc1C)NCc1cccc(NC(C)=O)c1. The van der Waals surface area contributed by atoms with Crippen LogP contribution in [0, 0.1) is 13.8 Å². The molecule has 1 heterocycles. The number of guanidine groups is 1. The molecule has 3 N–H and O–H groups in total. The molecule has 0 aliphatic heterocycles. The highest BCUT2D eigenvalue weighted by atomic mass is 16.1. The molecule has 26 heavy (non-hydrogen) atoms. The summed E-state index contributed by atoms with van der Waals surface area (Å²) in [5.74, 6) is 0.679. The fourth-order valence-corrected chi connectivity index (χ4v) is 2.71. The second kappa shape index (κ2) is 9.60. The Labute approximate surface area is 154 Å². The number of aromatic nitrogens is 2. The van der Waals surface area contributed by atoms with Gasteiger partial charge in [-0.2, -0.15) is 5.10 Å². The monoisotopic (exact) mass is 356 g/mol. The first kappa shape index (κ1) is 19.5. The molecular formula is C19H28N6O. The van der Waals surface area contributed by atoms with Crippen LogP contribution in [0.3, 0.4) is 0 Å².